The molecule has 0 bridgehead atoms. The Morgan fingerprint density at radius 2 is 1.44 bits per heavy atom. The molecular formula is C15H24O. The van der Waals surface area contributed by atoms with Crippen LogP contribution in [0.2, 0.25) is 0 Å². The van der Waals surface area contributed by atoms with Crippen molar-refractivity contribution in [2.45, 2.75) is 52.6 Å². The van der Waals surface area contributed by atoms with Gasteiger partial charge in [0.15, 0.2) is 0 Å². The van der Waals surface area contributed by atoms with Crippen LogP contribution in [0.1, 0.15) is 45.7 Å². The Hall–Kier alpha value is -0.820. The van der Waals surface area contributed by atoms with Gasteiger partial charge in [0.05, 0.1) is 5.60 Å². The molecule has 0 aliphatic rings. The second-order valence-corrected chi connectivity index (χ2v) is 5.96. The fourth-order valence-electron chi connectivity index (χ4n) is 2.12. The molecule has 0 saturated carbocycles. The lowest BCUT2D eigenvalue weighted by Crippen LogP contribution is -2.41. The minimum Gasteiger partial charge on any atom is -0.390 e. The van der Waals surface area contributed by atoms with E-state index in [1.807, 2.05) is 13.8 Å². The van der Waals surface area contributed by atoms with E-state index in [4.69, 9.17) is 0 Å². The highest BCUT2D eigenvalue weighted by molar-refractivity contribution is 5.28. The fraction of sp³-hybridized carbons (Fsp3) is 0.600. The van der Waals surface area contributed by atoms with Gasteiger partial charge in [0, 0.05) is 0 Å². The van der Waals surface area contributed by atoms with Crippen LogP contribution in [0.3, 0.4) is 0 Å². The summed E-state index contributed by atoms with van der Waals surface area (Å²) in [7, 11) is 0. The zero-order valence-electron chi connectivity index (χ0n) is 11.3. The van der Waals surface area contributed by atoms with Crippen molar-refractivity contribution in [2.75, 3.05) is 0 Å². The SMILES string of the molecule is Cc1ccc(C(C)(C)[C@@H](C)C(C)(C)O)cc1. The summed E-state index contributed by atoms with van der Waals surface area (Å²) in [6, 6.07) is 8.59. The second kappa shape index (κ2) is 4.21. The molecule has 90 valence electrons. The summed E-state index contributed by atoms with van der Waals surface area (Å²) in [4.78, 5) is 0. The van der Waals surface area contributed by atoms with E-state index < -0.39 is 5.60 Å². The predicted octanol–water partition coefficient (Wildman–Crippen LogP) is 3.68. The van der Waals surface area contributed by atoms with E-state index in [9.17, 15) is 5.11 Å². The molecule has 0 saturated heterocycles. The monoisotopic (exact) mass is 220 g/mol. The number of aryl methyl sites for hydroxylation is 1. The van der Waals surface area contributed by atoms with E-state index in [1.165, 1.54) is 11.1 Å². The highest BCUT2D eigenvalue weighted by atomic mass is 16.3. The first-order valence-corrected chi connectivity index (χ1v) is 5.95. The van der Waals surface area contributed by atoms with Crippen LogP contribution in [0.25, 0.3) is 0 Å². The molecule has 0 spiro atoms. The van der Waals surface area contributed by atoms with Crippen LogP contribution >= 0.6 is 0 Å². The Labute approximate surface area is 99.5 Å². The van der Waals surface area contributed by atoms with Crippen molar-refractivity contribution in [3.05, 3.63) is 35.4 Å². The summed E-state index contributed by atoms with van der Waals surface area (Å²) >= 11 is 0. The molecule has 1 rings (SSSR count). The van der Waals surface area contributed by atoms with Crippen LogP contribution in [0, 0.1) is 12.8 Å². The lowest BCUT2D eigenvalue weighted by atomic mass is 9.68. The number of benzene rings is 1. The maximum absolute atomic E-state index is 10.1. The van der Waals surface area contributed by atoms with Crippen molar-refractivity contribution in [3.8, 4) is 0 Å². The minimum absolute atomic E-state index is 0.0219. The molecule has 0 aliphatic carbocycles. The van der Waals surface area contributed by atoms with Crippen LogP contribution in [-0.2, 0) is 5.41 Å². The van der Waals surface area contributed by atoms with E-state index in [-0.39, 0.29) is 11.3 Å². The van der Waals surface area contributed by atoms with Crippen molar-refractivity contribution in [1.29, 1.82) is 0 Å². The molecule has 0 aliphatic heterocycles. The molecule has 0 aromatic heterocycles. The number of hydrogen-bond donors (Lipinski definition) is 1. The van der Waals surface area contributed by atoms with Crippen molar-refractivity contribution in [2.24, 2.45) is 5.92 Å². The molecule has 1 nitrogen and oxygen atoms in total. The van der Waals surface area contributed by atoms with Crippen LogP contribution in [0.5, 0.6) is 0 Å². The predicted molar refractivity (Wildman–Crippen MR) is 69.7 cm³/mol. The maximum atomic E-state index is 10.1. The molecule has 1 N–H and O–H groups in total. The van der Waals surface area contributed by atoms with Gasteiger partial charge in [-0.3, -0.25) is 0 Å². The summed E-state index contributed by atoms with van der Waals surface area (Å²) in [5.74, 6) is 0.197. The first kappa shape index (κ1) is 13.2. The zero-order chi connectivity index (χ0) is 12.6. The second-order valence-electron chi connectivity index (χ2n) is 5.96. The third kappa shape index (κ3) is 2.65. The third-order valence-corrected chi connectivity index (χ3v) is 3.94. The molecule has 1 heteroatoms. The molecule has 0 radical (unpaired) electrons. The van der Waals surface area contributed by atoms with Crippen LogP contribution < -0.4 is 0 Å². The molecule has 0 fully saturated rings. The number of hydrogen-bond acceptors (Lipinski definition) is 1. The van der Waals surface area contributed by atoms with Crippen molar-refractivity contribution >= 4 is 0 Å². The van der Waals surface area contributed by atoms with Gasteiger partial charge in [0.1, 0.15) is 0 Å². The summed E-state index contributed by atoms with van der Waals surface area (Å²) < 4.78 is 0. The van der Waals surface area contributed by atoms with Crippen LogP contribution in [0.15, 0.2) is 24.3 Å². The fourth-order valence-corrected chi connectivity index (χ4v) is 2.12. The highest BCUT2D eigenvalue weighted by Gasteiger charge is 2.37. The zero-order valence-corrected chi connectivity index (χ0v) is 11.3. The van der Waals surface area contributed by atoms with E-state index >= 15 is 0 Å². The third-order valence-electron chi connectivity index (χ3n) is 3.94. The Morgan fingerprint density at radius 3 is 1.81 bits per heavy atom. The summed E-state index contributed by atoms with van der Waals surface area (Å²) in [5.41, 5.74) is 1.88. The van der Waals surface area contributed by atoms with Gasteiger partial charge in [-0.15, -0.1) is 0 Å². The van der Waals surface area contributed by atoms with Gasteiger partial charge in [-0.25, -0.2) is 0 Å². The van der Waals surface area contributed by atoms with Crippen LogP contribution in [-0.4, -0.2) is 10.7 Å². The van der Waals surface area contributed by atoms with Gasteiger partial charge in [0.25, 0.3) is 0 Å². The summed E-state index contributed by atoms with van der Waals surface area (Å²) in [6.07, 6.45) is 0. The normalized spacial score (nSPS) is 14.9. The van der Waals surface area contributed by atoms with Gasteiger partial charge < -0.3 is 5.11 Å². The van der Waals surface area contributed by atoms with Gasteiger partial charge in [-0.2, -0.15) is 0 Å². The Morgan fingerprint density at radius 1 is 1.00 bits per heavy atom. The molecule has 1 atom stereocenters. The number of aliphatic hydroxyl groups is 1. The molecule has 1 aromatic carbocycles. The molecule has 0 unspecified atom stereocenters. The quantitative estimate of drug-likeness (QED) is 0.824. The highest BCUT2D eigenvalue weighted by Crippen LogP contribution is 2.37. The summed E-state index contributed by atoms with van der Waals surface area (Å²) in [5, 5.41) is 10.1. The minimum atomic E-state index is -0.658. The van der Waals surface area contributed by atoms with Crippen LogP contribution in [0.4, 0.5) is 0 Å². The van der Waals surface area contributed by atoms with Gasteiger partial charge in [-0.05, 0) is 37.7 Å². The largest absolute Gasteiger partial charge is 0.390 e. The Kier molecular flexibility index (Phi) is 3.49. The molecular weight excluding hydrogens is 196 g/mol. The van der Waals surface area contributed by atoms with E-state index in [0.29, 0.717) is 0 Å². The molecule has 16 heavy (non-hydrogen) atoms. The Bertz CT molecular complexity index is 341. The lowest BCUT2D eigenvalue weighted by Gasteiger charge is -2.40. The van der Waals surface area contributed by atoms with Gasteiger partial charge >= 0.3 is 0 Å². The van der Waals surface area contributed by atoms with Gasteiger partial charge in [0.2, 0.25) is 0 Å². The first-order valence-electron chi connectivity index (χ1n) is 5.95. The summed E-state index contributed by atoms with van der Waals surface area (Å²) in [6.45, 7) is 12.4. The molecule has 0 heterocycles. The molecule has 0 amide bonds. The number of rotatable bonds is 3. The van der Waals surface area contributed by atoms with E-state index in [2.05, 4.69) is 52.0 Å². The van der Waals surface area contributed by atoms with Crippen molar-refractivity contribution in [1.82, 2.24) is 0 Å². The smallest absolute Gasteiger partial charge is 0.0625 e. The first-order chi connectivity index (χ1) is 7.15. The van der Waals surface area contributed by atoms with Gasteiger partial charge in [-0.1, -0.05) is 50.6 Å². The van der Waals surface area contributed by atoms with E-state index in [0.717, 1.165) is 0 Å². The Balaban J connectivity index is 3.06. The standard InChI is InChI=1S/C15H24O/c1-11-7-9-13(10-8-11)14(3,4)12(2)15(5,6)16/h7-10,12,16H,1-6H3/t12-/m1/s1. The van der Waals surface area contributed by atoms with Crippen molar-refractivity contribution < 1.29 is 5.11 Å². The van der Waals surface area contributed by atoms with E-state index in [1.54, 1.807) is 0 Å². The average molecular weight is 220 g/mol. The average Bonchev–Trinajstić information content (AvgIpc) is 2.16. The molecule has 1 aromatic rings. The lowest BCUT2D eigenvalue weighted by molar-refractivity contribution is -0.00524. The van der Waals surface area contributed by atoms with Crippen molar-refractivity contribution in [3.63, 3.8) is 0 Å². The maximum Gasteiger partial charge on any atom is 0.0625 e. The topological polar surface area (TPSA) is 20.2 Å².